The Hall–Kier alpha value is -2.19. The molecule has 2 amide bonds. The first-order valence-electron chi connectivity index (χ1n) is 12.3. The molecule has 4 heterocycles. The number of aliphatic hydroxyl groups is 1. The van der Waals surface area contributed by atoms with Gasteiger partial charge in [-0.2, -0.15) is 0 Å². The zero-order valence-electron chi connectivity index (χ0n) is 19.8. The number of rotatable bonds is 8. The maximum atomic E-state index is 14.0. The van der Waals surface area contributed by atoms with Crippen LogP contribution in [0, 0.1) is 17.8 Å². The maximum Gasteiger partial charge on any atom is 0.313 e. The van der Waals surface area contributed by atoms with Crippen LogP contribution in [0.2, 0.25) is 0 Å². The molecule has 0 aromatic heterocycles. The summed E-state index contributed by atoms with van der Waals surface area (Å²) in [7, 11) is 0. The van der Waals surface area contributed by atoms with E-state index in [1.165, 1.54) is 4.90 Å². The summed E-state index contributed by atoms with van der Waals surface area (Å²) in [6.07, 6.45) is 10.1. The van der Waals surface area contributed by atoms with E-state index in [1.54, 1.807) is 17.1 Å². The van der Waals surface area contributed by atoms with Gasteiger partial charge in [0.2, 0.25) is 11.8 Å². The number of carbonyl (C=O) groups is 3. The van der Waals surface area contributed by atoms with Crippen LogP contribution in [0.25, 0.3) is 0 Å². The molecule has 33 heavy (non-hydrogen) atoms. The highest BCUT2D eigenvalue weighted by molar-refractivity contribution is 5.99. The van der Waals surface area contributed by atoms with Crippen molar-refractivity contribution in [2.75, 3.05) is 26.3 Å². The predicted molar refractivity (Wildman–Crippen MR) is 121 cm³/mol. The summed E-state index contributed by atoms with van der Waals surface area (Å²) < 4.78 is 11.8. The van der Waals surface area contributed by atoms with Gasteiger partial charge in [0.25, 0.3) is 0 Å². The van der Waals surface area contributed by atoms with Crippen molar-refractivity contribution in [3.63, 3.8) is 0 Å². The second-order valence-electron chi connectivity index (χ2n) is 10.0. The first-order valence-corrected chi connectivity index (χ1v) is 12.3. The van der Waals surface area contributed by atoms with Crippen LogP contribution in [-0.4, -0.2) is 82.8 Å². The first-order chi connectivity index (χ1) is 15.9. The Kier molecular flexibility index (Phi) is 6.96. The van der Waals surface area contributed by atoms with E-state index in [-0.39, 0.29) is 30.9 Å². The van der Waals surface area contributed by atoms with Crippen LogP contribution in [0.15, 0.2) is 24.3 Å². The van der Waals surface area contributed by atoms with E-state index in [0.29, 0.717) is 19.5 Å². The summed E-state index contributed by atoms with van der Waals surface area (Å²) in [5, 5.41) is 10.2. The summed E-state index contributed by atoms with van der Waals surface area (Å²) in [5.74, 6) is -2.43. The molecule has 0 aromatic carbocycles. The van der Waals surface area contributed by atoms with Gasteiger partial charge < -0.3 is 24.4 Å². The largest absolute Gasteiger partial charge is 0.461 e. The number of amides is 2. The molecule has 0 saturated carbocycles. The summed E-state index contributed by atoms with van der Waals surface area (Å²) in [6, 6.07) is -1.45. The van der Waals surface area contributed by atoms with Crippen LogP contribution in [0.5, 0.6) is 0 Å². The van der Waals surface area contributed by atoms with Crippen LogP contribution in [-0.2, 0) is 23.9 Å². The minimum Gasteiger partial charge on any atom is -0.461 e. The summed E-state index contributed by atoms with van der Waals surface area (Å²) >= 11 is 0. The molecule has 4 aliphatic rings. The minimum atomic E-state index is -1.26. The van der Waals surface area contributed by atoms with Crippen molar-refractivity contribution in [1.29, 1.82) is 0 Å². The molecule has 0 radical (unpaired) electrons. The Morgan fingerprint density at radius 1 is 1.18 bits per heavy atom. The molecule has 8 nitrogen and oxygen atoms in total. The predicted octanol–water partition coefficient (Wildman–Crippen LogP) is 1.68. The maximum absolute atomic E-state index is 14.0. The van der Waals surface area contributed by atoms with Gasteiger partial charge in [-0.3, -0.25) is 14.4 Å². The van der Waals surface area contributed by atoms with Crippen LogP contribution >= 0.6 is 0 Å². The van der Waals surface area contributed by atoms with E-state index in [0.717, 1.165) is 19.3 Å². The standard InChI is InChI=1S/C25H36N2O6/c1-4-5-6-11-26-12-8-10-25-20(19-18(33-25)9-7-13-32-24(19)31)22(29)27(21(25)23(26)30)17(15-28)14-16(2)3/h7-10,16-21,28H,4-6,11-15H2,1-3H3/t17-,18+,19-,20+,21?,25+/m1/s1. The Morgan fingerprint density at radius 3 is 2.67 bits per heavy atom. The van der Waals surface area contributed by atoms with Gasteiger partial charge in [0, 0.05) is 13.1 Å². The van der Waals surface area contributed by atoms with E-state index in [4.69, 9.17) is 9.47 Å². The Balaban J connectivity index is 1.78. The number of aliphatic hydroxyl groups excluding tert-OH is 1. The molecule has 8 heteroatoms. The van der Waals surface area contributed by atoms with E-state index in [9.17, 15) is 19.5 Å². The van der Waals surface area contributed by atoms with E-state index < -0.39 is 41.6 Å². The third-order valence-electron chi connectivity index (χ3n) is 7.31. The van der Waals surface area contributed by atoms with E-state index in [2.05, 4.69) is 6.92 Å². The van der Waals surface area contributed by atoms with Crippen LogP contribution in [0.1, 0.15) is 46.5 Å². The van der Waals surface area contributed by atoms with Gasteiger partial charge in [-0.05, 0) is 24.8 Å². The Morgan fingerprint density at radius 2 is 1.97 bits per heavy atom. The molecule has 1 unspecified atom stereocenters. The van der Waals surface area contributed by atoms with Crippen LogP contribution in [0.4, 0.5) is 0 Å². The zero-order chi connectivity index (χ0) is 23.8. The van der Waals surface area contributed by atoms with Crippen molar-refractivity contribution >= 4 is 17.8 Å². The van der Waals surface area contributed by atoms with Crippen molar-refractivity contribution in [3.05, 3.63) is 24.3 Å². The average molecular weight is 461 g/mol. The topological polar surface area (TPSA) is 96.4 Å². The molecule has 182 valence electrons. The molecule has 0 aromatic rings. The molecule has 1 spiro atoms. The summed E-state index contributed by atoms with van der Waals surface area (Å²) in [5.41, 5.74) is -1.26. The average Bonchev–Trinajstić information content (AvgIpc) is 3.09. The van der Waals surface area contributed by atoms with Crippen molar-refractivity contribution in [2.45, 2.75) is 70.2 Å². The van der Waals surface area contributed by atoms with Gasteiger partial charge in [0.15, 0.2) is 0 Å². The number of esters is 1. The number of fused-ring (bicyclic) bond motifs is 2. The van der Waals surface area contributed by atoms with Gasteiger partial charge in [0.1, 0.15) is 24.2 Å². The molecule has 2 fully saturated rings. The number of nitrogens with zero attached hydrogens (tertiary/aromatic N) is 2. The lowest BCUT2D eigenvalue weighted by atomic mass is 9.78. The first kappa shape index (κ1) is 24.0. The van der Waals surface area contributed by atoms with Crippen LogP contribution in [0.3, 0.4) is 0 Å². The number of ether oxygens (including phenoxy) is 2. The highest BCUT2D eigenvalue weighted by Gasteiger charge is 2.72. The fourth-order valence-corrected chi connectivity index (χ4v) is 5.92. The van der Waals surface area contributed by atoms with Gasteiger partial charge >= 0.3 is 5.97 Å². The van der Waals surface area contributed by atoms with E-state index >= 15 is 0 Å². The second-order valence-corrected chi connectivity index (χ2v) is 10.0. The lowest BCUT2D eigenvalue weighted by Gasteiger charge is -2.39. The normalized spacial score (nSPS) is 34.2. The fourth-order valence-electron chi connectivity index (χ4n) is 5.92. The van der Waals surface area contributed by atoms with Crippen molar-refractivity contribution in [2.24, 2.45) is 17.8 Å². The number of cyclic esters (lactones) is 1. The van der Waals surface area contributed by atoms with Crippen molar-refractivity contribution in [1.82, 2.24) is 9.80 Å². The van der Waals surface area contributed by atoms with E-state index in [1.807, 2.05) is 26.0 Å². The molecular weight excluding hydrogens is 424 g/mol. The van der Waals surface area contributed by atoms with Crippen molar-refractivity contribution in [3.8, 4) is 0 Å². The molecule has 0 bridgehead atoms. The number of hydrogen-bond acceptors (Lipinski definition) is 6. The minimum absolute atomic E-state index is 0.142. The molecule has 6 atom stereocenters. The van der Waals surface area contributed by atoms with Gasteiger partial charge in [-0.1, -0.05) is 51.8 Å². The SMILES string of the molecule is CCCCCN1CC=C[C@]23O[C@H]4C=CCOC(=O)[C@H]4[C@H]2C(=O)N([C@@H](CO)CC(C)C)C3C1=O. The lowest BCUT2D eigenvalue weighted by molar-refractivity contribution is -0.155. The zero-order valence-corrected chi connectivity index (χ0v) is 19.8. The van der Waals surface area contributed by atoms with Crippen molar-refractivity contribution < 1.29 is 29.0 Å². The number of carbonyl (C=O) groups excluding carboxylic acids is 3. The second kappa shape index (κ2) is 9.58. The molecule has 4 rings (SSSR count). The fraction of sp³-hybridized carbons (Fsp3) is 0.720. The van der Waals surface area contributed by atoms with Gasteiger partial charge in [-0.25, -0.2) is 0 Å². The third kappa shape index (κ3) is 4.01. The van der Waals surface area contributed by atoms with Gasteiger partial charge in [0.05, 0.1) is 24.7 Å². The quantitative estimate of drug-likeness (QED) is 0.336. The smallest absolute Gasteiger partial charge is 0.313 e. The number of likely N-dealkylation sites (tertiary alicyclic amines) is 1. The Labute approximate surface area is 195 Å². The molecule has 4 aliphatic heterocycles. The van der Waals surface area contributed by atoms with Crippen LogP contribution < -0.4 is 0 Å². The number of unbranched alkanes of at least 4 members (excludes halogenated alkanes) is 2. The molecule has 0 aliphatic carbocycles. The van der Waals surface area contributed by atoms with Gasteiger partial charge in [-0.15, -0.1) is 0 Å². The Bertz CT molecular complexity index is 839. The highest BCUT2D eigenvalue weighted by Crippen LogP contribution is 2.54. The summed E-state index contributed by atoms with van der Waals surface area (Å²) in [6.45, 7) is 7.07. The lowest BCUT2D eigenvalue weighted by Crippen LogP contribution is -2.58. The summed E-state index contributed by atoms with van der Waals surface area (Å²) in [4.78, 5) is 44.2. The monoisotopic (exact) mass is 460 g/mol. The highest BCUT2D eigenvalue weighted by atomic mass is 16.6. The molecule has 1 N–H and O–H groups in total. The third-order valence-corrected chi connectivity index (χ3v) is 7.31. The molecule has 2 saturated heterocycles. The number of hydrogen-bond donors (Lipinski definition) is 1. The molecular formula is C25H36N2O6.